The van der Waals surface area contributed by atoms with Gasteiger partial charge in [-0.15, -0.1) is 0 Å². The zero-order chi connectivity index (χ0) is 24.7. The van der Waals surface area contributed by atoms with Crippen molar-refractivity contribution in [1.82, 2.24) is 4.67 Å². The second-order valence-corrected chi connectivity index (χ2v) is 10.8. The summed E-state index contributed by atoms with van der Waals surface area (Å²) in [5, 5.41) is 0.722. The SMILES string of the molecule is O=C(Oc1ccccc1)N(C(Oc1ccccc1)=C(Cl)Cl)P(=O)(c1ccccc1)c1ccccc1. The van der Waals surface area contributed by atoms with E-state index in [9.17, 15) is 4.79 Å². The predicted molar refractivity (Wildman–Crippen MR) is 140 cm³/mol. The largest absolute Gasteiger partial charge is 0.438 e. The summed E-state index contributed by atoms with van der Waals surface area (Å²) in [5.74, 6) is 0.267. The number of para-hydroxylation sites is 2. The second-order valence-electron chi connectivity index (χ2n) is 7.22. The van der Waals surface area contributed by atoms with Crippen molar-refractivity contribution in [2.24, 2.45) is 0 Å². The van der Waals surface area contributed by atoms with Crippen LogP contribution in [0.15, 0.2) is 132 Å². The lowest BCUT2D eigenvalue weighted by molar-refractivity contribution is 0.173. The molecule has 4 aromatic carbocycles. The number of rotatable bonds is 7. The monoisotopic (exact) mass is 523 g/mol. The van der Waals surface area contributed by atoms with E-state index in [1.54, 1.807) is 121 Å². The van der Waals surface area contributed by atoms with E-state index in [-0.39, 0.29) is 11.6 Å². The Balaban J connectivity index is 1.93. The summed E-state index contributed by atoms with van der Waals surface area (Å²) < 4.78 is 27.2. The Hall–Kier alpha value is -3.50. The molecule has 0 aliphatic heterocycles. The number of hydrogen-bond donors (Lipinski definition) is 0. The van der Waals surface area contributed by atoms with Gasteiger partial charge in [-0.2, -0.15) is 4.67 Å². The van der Waals surface area contributed by atoms with Crippen LogP contribution >= 0.6 is 30.5 Å². The third-order valence-electron chi connectivity index (χ3n) is 4.93. The fourth-order valence-corrected chi connectivity index (χ4v) is 6.30. The van der Waals surface area contributed by atoms with E-state index in [0.29, 0.717) is 16.4 Å². The highest BCUT2D eigenvalue weighted by atomic mass is 35.5. The highest BCUT2D eigenvalue weighted by Gasteiger charge is 2.44. The molecule has 0 fully saturated rings. The number of hydrogen-bond acceptors (Lipinski definition) is 4. The van der Waals surface area contributed by atoms with Crippen LogP contribution in [0.25, 0.3) is 0 Å². The highest BCUT2D eigenvalue weighted by Crippen LogP contribution is 2.51. The van der Waals surface area contributed by atoms with Crippen molar-refractivity contribution in [3.8, 4) is 11.5 Å². The summed E-state index contributed by atoms with van der Waals surface area (Å²) in [7, 11) is -3.97. The first kappa shape index (κ1) is 24.6. The summed E-state index contributed by atoms with van der Waals surface area (Å²) in [4.78, 5) is 13.7. The van der Waals surface area contributed by atoms with Crippen molar-refractivity contribution in [3.05, 3.63) is 132 Å². The van der Waals surface area contributed by atoms with E-state index in [4.69, 9.17) is 32.7 Å². The predicted octanol–water partition coefficient (Wildman–Crippen LogP) is 7.10. The Labute approximate surface area is 213 Å². The molecule has 0 unspecified atom stereocenters. The van der Waals surface area contributed by atoms with Crippen molar-refractivity contribution < 1.29 is 18.8 Å². The molecule has 4 rings (SSSR count). The second kappa shape index (κ2) is 11.3. The molecule has 0 aromatic heterocycles. The van der Waals surface area contributed by atoms with Crippen molar-refractivity contribution in [1.29, 1.82) is 0 Å². The van der Waals surface area contributed by atoms with E-state index >= 15 is 4.57 Å². The maximum absolute atomic E-state index is 15.1. The molecule has 0 atom stereocenters. The molecular weight excluding hydrogens is 504 g/mol. The zero-order valence-corrected chi connectivity index (χ0v) is 20.7. The van der Waals surface area contributed by atoms with Gasteiger partial charge in [0.2, 0.25) is 13.2 Å². The summed E-state index contributed by atoms with van der Waals surface area (Å²) in [6.07, 6.45) is -0.975. The van der Waals surface area contributed by atoms with Gasteiger partial charge in [-0.3, -0.25) is 4.57 Å². The third kappa shape index (κ3) is 5.60. The molecule has 0 aliphatic rings. The van der Waals surface area contributed by atoms with Crippen LogP contribution < -0.4 is 20.1 Å². The molecular formula is C27H20Cl2NO4P. The average Bonchev–Trinajstić information content (AvgIpc) is 2.90. The topological polar surface area (TPSA) is 55.8 Å². The molecule has 0 N–H and O–H groups in total. The van der Waals surface area contributed by atoms with Crippen molar-refractivity contribution >= 4 is 47.2 Å². The third-order valence-corrected chi connectivity index (χ3v) is 8.15. The first-order valence-electron chi connectivity index (χ1n) is 10.6. The van der Waals surface area contributed by atoms with E-state index in [1.165, 1.54) is 0 Å². The lowest BCUT2D eigenvalue weighted by Gasteiger charge is -2.32. The Kier molecular flexibility index (Phi) is 7.94. The molecule has 5 nitrogen and oxygen atoms in total. The molecule has 176 valence electrons. The van der Waals surface area contributed by atoms with Crippen LogP contribution in [0.4, 0.5) is 4.79 Å². The fraction of sp³-hybridized carbons (Fsp3) is 0. The van der Waals surface area contributed by atoms with E-state index in [1.807, 2.05) is 0 Å². The average molecular weight is 524 g/mol. The summed E-state index contributed by atoms with van der Waals surface area (Å²) in [6, 6.07) is 34.2. The molecule has 8 heteroatoms. The quantitative estimate of drug-likeness (QED) is 0.191. The first-order chi connectivity index (χ1) is 17.0. The molecule has 0 bridgehead atoms. The molecule has 0 aliphatic carbocycles. The summed E-state index contributed by atoms with van der Waals surface area (Å²) in [5.41, 5.74) is 0. The lowest BCUT2D eigenvalue weighted by Crippen LogP contribution is -2.39. The molecule has 0 spiro atoms. The number of ether oxygens (including phenoxy) is 2. The number of nitrogens with zero attached hydrogens (tertiary/aromatic N) is 1. The van der Waals surface area contributed by atoms with Gasteiger partial charge in [0, 0.05) is 10.6 Å². The Morgan fingerprint density at radius 3 is 1.37 bits per heavy atom. The molecule has 1 amide bonds. The summed E-state index contributed by atoms with van der Waals surface area (Å²) >= 11 is 12.5. The van der Waals surface area contributed by atoms with Gasteiger partial charge in [-0.05, 0) is 48.5 Å². The minimum absolute atomic E-state index is 0.250. The van der Waals surface area contributed by atoms with Gasteiger partial charge in [0.1, 0.15) is 11.5 Å². The molecule has 35 heavy (non-hydrogen) atoms. The van der Waals surface area contributed by atoms with Crippen molar-refractivity contribution in [2.75, 3.05) is 0 Å². The number of amides is 1. The zero-order valence-electron chi connectivity index (χ0n) is 18.3. The van der Waals surface area contributed by atoms with Crippen LogP contribution in [-0.2, 0) is 4.57 Å². The van der Waals surface area contributed by atoms with Gasteiger partial charge < -0.3 is 9.47 Å². The Bertz CT molecular complexity index is 1300. The normalized spacial score (nSPS) is 10.8. The Morgan fingerprint density at radius 2 is 0.971 bits per heavy atom. The minimum Gasteiger partial charge on any atom is -0.438 e. The maximum Gasteiger partial charge on any atom is 0.428 e. The first-order valence-corrected chi connectivity index (χ1v) is 13.0. The number of carbonyl (C=O) groups excluding carboxylic acids is 1. The lowest BCUT2D eigenvalue weighted by atomic mass is 10.3. The van der Waals surface area contributed by atoms with Crippen LogP contribution in [-0.4, -0.2) is 10.8 Å². The van der Waals surface area contributed by atoms with Gasteiger partial charge in [0.05, 0.1) is 0 Å². The van der Waals surface area contributed by atoms with Gasteiger partial charge in [0.15, 0.2) is 4.49 Å². The molecule has 4 aromatic rings. The molecule has 0 radical (unpaired) electrons. The van der Waals surface area contributed by atoms with Crippen LogP contribution in [0, 0.1) is 0 Å². The Morgan fingerprint density at radius 1 is 0.600 bits per heavy atom. The standard InChI is InChI=1S/C27H20Cl2NO4P/c28-25(29)26(33-21-13-5-1-6-14-21)30(27(31)34-22-15-7-2-8-16-22)35(32,23-17-9-3-10-18-23)24-19-11-4-12-20-24/h1-20H. The molecule has 0 heterocycles. The van der Waals surface area contributed by atoms with Crippen LogP contribution in [0.2, 0.25) is 0 Å². The maximum atomic E-state index is 15.1. The van der Waals surface area contributed by atoms with Gasteiger partial charge >= 0.3 is 6.09 Å². The smallest absolute Gasteiger partial charge is 0.428 e. The van der Waals surface area contributed by atoms with E-state index in [0.717, 1.165) is 4.67 Å². The fourth-order valence-electron chi connectivity index (χ4n) is 3.36. The number of benzene rings is 4. The number of halogens is 2. The van der Waals surface area contributed by atoms with Crippen LogP contribution in [0.3, 0.4) is 0 Å². The molecule has 0 saturated heterocycles. The van der Waals surface area contributed by atoms with E-state index in [2.05, 4.69) is 0 Å². The van der Waals surface area contributed by atoms with Crippen molar-refractivity contribution in [2.45, 2.75) is 0 Å². The van der Waals surface area contributed by atoms with Crippen LogP contribution in [0.5, 0.6) is 11.5 Å². The van der Waals surface area contributed by atoms with Gasteiger partial charge in [-0.1, -0.05) is 96.0 Å². The minimum atomic E-state index is -3.97. The molecule has 0 saturated carbocycles. The highest BCUT2D eigenvalue weighted by molar-refractivity contribution is 7.77. The van der Waals surface area contributed by atoms with Crippen molar-refractivity contribution in [3.63, 3.8) is 0 Å². The van der Waals surface area contributed by atoms with E-state index < -0.39 is 17.9 Å². The summed E-state index contributed by atoms with van der Waals surface area (Å²) in [6.45, 7) is 0. The van der Waals surface area contributed by atoms with Crippen LogP contribution in [0.1, 0.15) is 0 Å². The number of carbonyl (C=O) groups is 1. The van der Waals surface area contributed by atoms with Gasteiger partial charge in [0.25, 0.3) is 0 Å². The van der Waals surface area contributed by atoms with Gasteiger partial charge in [-0.25, -0.2) is 4.79 Å².